The minimum absolute atomic E-state index is 0.193. The summed E-state index contributed by atoms with van der Waals surface area (Å²) in [7, 11) is 0. The van der Waals surface area contributed by atoms with Crippen LogP contribution >= 0.6 is 0 Å². The Labute approximate surface area is 106 Å². The van der Waals surface area contributed by atoms with Gasteiger partial charge in [-0.15, -0.1) is 0 Å². The summed E-state index contributed by atoms with van der Waals surface area (Å²) in [5, 5.41) is 12.3. The second-order valence-corrected chi connectivity index (χ2v) is 4.99. The minimum Gasteiger partial charge on any atom is -0.396 e. The molecule has 2 atom stereocenters. The van der Waals surface area contributed by atoms with Crippen LogP contribution in [-0.4, -0.2) is 18.3 Å². The number of aliphatic hydroxyl groups is 1. The molecule has 2 N–H and O–H groups in total. The van der Waals surface area contributed by atoms with E-state index in [1.165, 1.54) is 12.1 Å². The second kappa shape index (κ2) is 6.14. The maximum absolute atomic E-state index is 13.4. The van der Waals surface area contributed by atoms with Gasteiger partial charge in [0.05, 0.1) is 5.69 Å². The first-order chi connectivity index (χ1) is 8.70. The van der Waals surface area contributed by atoms with E-state index in [-0.39, 0.29) is 6.61 Å². The first kappa shape index (κ1) is 13.3. The van der Waals surface area contributed by atoms with Crippen molar-refractivity contribution in [1.82, 2.24) is 0 Å². The molecular formula is C14H19F2NO. The van der Waals surface area contributed by atoms with Gasteiger partial charge in [0.15, 0.2) is 0 Å². The molecule has 2 nitrogen and oxygen atoms in total. The zero-order valence-electron chi connectivity index (χ0n) is 10.3. The molecule has 1 aromatic rings. The molecule has 0 radical (unpaired) electrons. The topological polar surface area (TPSA) is 32.3 Å². The zero-order chi connectivity index (χ0) is 13.0. The van der Waals surface area contributed by atoms with Gasteiger partial charge in [-0.1, -0.05) is 12.8 Å². The highest BCUT2D eigenvalue weighted by Crippen LogP contribution is 2.30. The number of anilines is 1. The Hall–Kier alpha value is -1.16. The Morgan fingerprint density at radius 3 is 2.56 bits per heavy atom. The highest BCUT2D eigenvalue weighted by Gasteiger charge is 2.24. The van der Waals surface area contributed by atoms with Crippen molar-refractivity contribution < 1.29 is 13.9 Å². The summed E-state index contributed by atoms with van der Waals surface area (Å²) in [6.07, 6.45) is 4.41. The van der Waals surface area contributed by atoms with Crippen LogP contribution in [0.15, 0.2) is 18.2 Å². The zero-order valence-corrected chi connectivity index (χ0v) is 10.3. The fraction of sp³-hybridized carbons (Fsp3) is 0.571. The van der Waals surface area contributed by atoms with Gasteiger partial charge in [0.2, 0.25) is 0 Å². The smallest absolute Gasteiger partial charge is 0.149 e. The monoisotopic (exact) mass is 255 g/mol. The summed E-state index contributed by atoms with van der Waals surface area (Å²) >= 11 is 0. The molecule has 0 aromatic heterocycles. The molecule has 2 rings (SSSR count). The van der Waals surface area contributed by atoms with Gasteiger partial charge < -0.3 is 10.4 Å². The Balaban J connectivity index is 1.93. The highest BCUT2D eigenvalue weighted by atomic mass is 19.1. The van der Waals surface area contributed by atoms with Crippen molar-refractivity contribution in [1.29, 1.82) is 0 Å². The summed E-state index contributed by atoms with van der Waals surface area (Å²) in [6, 6.07) is 3.55. The number of aliphatic hydroxyl groups excluding tert-OH is 1. The van der Waals surface area contributed by atoms with Gasteiger partial charge in [-0.25, -0.2) is 8.78 Å². The van der Waals surface area contributed by atoms with Crippen molar-refractivity contribution in [3.8, 4) is 0 Å². The van der Waals surface area contributed by atoms with Crippen molar-refractivity contribution in [2.45, 2.75) is 25.7 Å². The summed E-state index contributed by atoms with van der Waals surface area (Å²) in [6.45, 7) is 0.825. The first-order valence-corrected chi connectivity index (χ1v) is 6.50. The van der Waals surface area contributed by atoms with Gasteiger partial charge in [-0.3, -0.25) is 0 Å². The van der Waals surface area contributed by atoms with Crippen LogP contribution in [0.1, 0.15) is 25.7 Å². The molecule has 18 heavy (non-hydrogen) atoms. The van der Waals surface area contributed by atoms with E-state index < -0.39 is 11.6 Å². The summed E-state index contributed by atoms with van der Waals surface area (Å²) < 4.78 is 26.2. The molecule has 2 unspecified atom stereocenters. The molecule has 1 aliphatic rings. The predicted octanol–water partition coefficient (Wildman–Crippen LogP) is 3.18. The van der Waals surface area contributed by atoms with Gasteiger partial charge in [0, 0.05) is 19.2 Å². The lowest BCUT2D eigenvalue weighted by atomic mass is 9.79. The maximum atomic E-state index is 13.4. The van der Waals surface area contributed by atoms with Crippen LogP contribution in [0.2, 0.25) is 0 Å². The first-order valence-electron chi connectivity index (χ1n) is 6.50. The molecule has 1 saturated carbocycles. The Morgan fingerprint density at radius 2 is 1.89 bits per heavy atom. The van der Waals surface area contributed by atoms with Crippen molar-refractivity contribution in [2.24, 2.45) is 11.8 Å². The van der Waals surface area contributed by atoms with Crippen LogP contribution in [0, 0.1) is 23.5 Å². The molecule has 0 heterocycles. The average Bonchev–Trinajstić information content (AvgIpc) is 2.38. The van der Waals surface area contributed by atoms with Crippen LogP contribution in [0.5, 0.6) is 0 Å². The summed E-state index contributed by atoms with van der Waals surface area (Å²) in [5.74, 6) is -0.460. The fourth-order valence-electron chi connectivity index (χ4n) is 2.67. The number of hydrogen-bond donors (Lipinski definition) is 2. The quantitative estimate of drug-likeness (QED) is 0.866. The molecule has 0 spiro atoms. The Morgan fingerprint density at radius 1 is 1.17 bits per heavy atom. The Bertz CT molecular complexity index is 397. The van der Waals surface area contributed by atoms with Crippen LogP contribution < -0.4 is 5.32 Å². The lowest BCUT2D eigenvalue weighted by Gasteiger charge is -2.30. The number of halogens is 2. The van der Waals surface area contributed by atoms with Gasteiger partial charge in [0.1, 0.15) is 11.6 Å². The van der Waals surface area contributed by atoms with Crippen LogP contribution in [-0.2, 0) is 0 Å². The van der Waals surface area contributed by atoms with Gasteiger partial charge in [-0.05, 0) is 36.8 Å². The molecule has 0 aliphatic heterocycles. The number of nitrogens with one attached hydrogen (secondary N) is 1. The molecule has 1 aromatic carbocycles. The average molecular weight is 255 g/mol. The van der Waals surface area contributed by atoms with Gasteiger partial charge in [0.25, 0.3) is 0 Å². The van der Waals surface area contributed by atoms with Gasteiger partial charge >= 0.3 is 0 Å². The van der Waals surface area contributed by atoms with Crippen LogP contribution in [0.3, 0.4) is 0 Å². The van der Waals surface area contributed by atoms with Crippen molar-refractivity contribution in [2.75, 3.05) is 18.5 Å². The van der Waals surface area contributed by atoms with Crippen molar-refractivity contribution in [3.63, 3.8) is 0 Å². The molecule has 0 saturated heterocycles. The molecule has 0 amide bonds. The third-order valence-corrected chi connectivity index (χ3v) is 3.79. The third-order valence-electron chi connectivity index (χ3n) is 3.79. The fourth-order valence-corrected chi connectivity index (χ4v) is 2.67. The van der Waals surface area contributed by atoms with Crippen molar-refractivity contribution >= 4 is 5.69 Å². The highest BCUT2D eigenvalue weighted by molar-refractivity contribution is 5.44. The van der Waals surface area contributed by atoms with Crippen LogP contribution in [0.25, 0.3) is 0 Å². The molecule has 4 heteroatoms. The van der Waals surface area contributed by atoms with E-state index in [2.05, 4.69) is 5.32 Å². The van der Waals surface area contributed by atoms with E-state index in [1.807, 2.05) is 0 Å². The molecule has 1 fully saturated rings. The van der Waals surface area contributed by atoms with E-state index in [4.69, 9.17) is 0 Å². The maximum Gasteiger partial charge on any atom is 0.149 e. The van der Waals surface area contributed by atoms with E-state index in [0.29, 0.717) is 24.1 Å². The van der Waals surface area contributed by atoms with Crippen molar-refractivity contribution in [3.05, 3.63) is 29.8 Å². The lowest BCUT2D eigenvalue weighted by Crippen LogP contribution is -2.28. The van der Waals surface area contributed by atoms with Crippen LogP contribution in [0.4, 0.5) is 14.5 Å². The molecule has 1 aliphatic carbocycles. The Kier molecular flexibility index (Phi) is 4.53. The van der Waals surface area contributed by atoms with Gasteiger partial charge in [-0.2, -0.15) is 0 Å². The van der Waals surface area contributed by atoms with E-state index in [1.54, 1.807) is 0 Å². The molecular weight excluding hydrogens is 236 g/mol. The lowest BCUT2D eigenvalue weighted by molar-refractivity contribution is 0.141. The number of benzene rings is 1. The SMILES string of the molecule is OCC1CCCCC1CNc1ccc(F)cc1F. The second-order valence-electron chi connectivity index (χ2n) is 4.99. The minimum atomic E-state index is -0.566. The molecule has 100 valence electrons. The summed E-state index contributed by atoms with van der Waals surface area (Å²) in [5.41, 5.74) is 0.332. The summed E-state index contributed by atoms with van der Waals surface area (Å²) in [4.78, 5) is 0. The number of hydrogen-bond acceptors (Lipinski definition) is 2. The predicted molar refractivity (Wildman–Crippen MR) is 67.4 cm³/mol. The molecule has 0 bridgehead atoms. The normalized spacial score (nSPS) is 23.9. The van der Waals surface area contributed by atoms with E-state index >= 15 is 0 Å². The number of rotatable bonds is 4. The largest absolute Gasteiger partial charge is 0.396 e. The van der Waals surface area contributed by atoms with E-state index in [9.17, 15) is 13.9 Å². The standard InChI is InChI=1S/C14H19F2NO/c15-12-5-6-14(13(16)7-12)17-8-10-3-1-2-4-11(10)9-18/h5-7,10-11,17-18H,1-4,8-9H2. The third kappa shape index (κ3) is 3.19. The van der Waals surface area contributed by atoms with E-state index in [0.717, 1.165) is 31.7 Å².